The van der Waals surface area contributed by atoms with Gasteiger partial charge < -0.3 is 15.0 Å². The molecule has 0 spiro atoms. The van der Waals surface area contributed by atoms with Gasteiger partial charge in [-0.25, -0.2) is 0 Å². The number of aromatic amines is 1. The van der Waals surface area contributed by atoms with E-state index in [2.05, 4.69) is 15.0 Å². The number of halogens is 2. The third-order valence-corrected chi connectivity index (χ3v) is 5.49. The minimum atomic E-state index is -0.00699. The highest BCUT2D eigenvalue weighted by atomic mass is 35.5. The quantitative estimate of drug-likeness (QED) is 0.504. The van der Waals surface area contributed by atoms with Gasteiger partial charge in [0.25, 0.3) is 5.91 Å². The Balaban J connectivity index is 1.46. The SMILES string of the molecule is O=C(NC1CC1)c1ccc(SNc2ccc(Cl)c3c(Cl)c[nH]c23)cc1. The topological polar surface area (TPSA) is 56.9 Å². The molecule has 1 aliphatic carbocycles. The predicted octanol–water partition coefficient (Wildman–Crippen LogP) is 5.49. The highest BCUT2D eigenvalue weighted by Gasteiger charge is 2.23. The lowest BCUT2D eigenvalue weighted by Crippen LogP contribution is -2.25. The second kappa shape index (κ2) is 6.83. The predicted molar refractivity (Wildman–Crippen MR) is 105 cm³/mol. The largest absolute Gasteiger partial charge is 0.358 e. The summed E-state index contributed by atoms with van der Waals surface area (Å²) in [5.74, 6) is -0.00699. The van der Waals surface area contributed by atoms with Crippen LogP contribution >= 0.6 is 35.1 Å². The summed E-state index contributed by atoms with van der Waals surface area (Å²) in [4.78, 5) is 16.1. The Morgan fingerprint density at radius 1 is 1.08 bits per heavy atom. The molecule has 1 saturated carbocycles. The zero-order valence-electron chi connectivity index (χ0n) is 13.1. The van der Waals surface area contributed by atoms with Gasteiger partial charge in [-0.1, -0.05) is 23.2 Å². The molecular formula is C18H15Cl2N3OS. The molecule has 1 aliphatic rings. The highest BCUT2D eigenvalue weighted by Crippen LogP contribution is 2.36. The number of fused-ring (bicyclic) bond motifs is 1. The first-order chi connectivity index (χ1) is 12.1. The summed E-state index contributed by atoms with van der Waals surface area (Å²) in [6, 6.07) is 11.6. The number of rotatable bonds is 5. The van der Waals surface area contributed by atoms with Gasteiger partial charge in [0.1, 0.15) is 0 Å². The lowest BCUT2D eigenvalue weighted by molar-refractivity contribution is 0.0951. The van der Waals surface area contributed by atoms with Crippen molar-refractivity contribution in [1.29, 1.82) is 0 Å². The van der Waals surface area contributed by atoms with Crippen LogP contribution in [-0.2, 0) is 0 Å². The molecule has 0 radical (unpaired) electrons. The van der Waals surface area contributed by atoms with Gasteiger partial charge >= 0.3 is 0 Å². The molecule has 0 atom stereocenters. The van der Waals surface area contributed by atoms with Crippen molar-refractivity contribution in [2.75, 3.05) is 4.72 Å². The van der Waals surface area contributed by atoms with Crippen molar-refractivity contribution in [3.63, 3.8) is 0 Å². The van der Waals surface area contributed by atoms with E-state index in [0.717, 1.165) is 34.3 Å². The van der Waals surface area contributed by atoms with Gasteiger partial charge in [0.15, 0.2) is 0 Å². The molecular weight excluding hydrogens is 377 g/mol. The first kappa shape index (κ1) is 16.6. The Morgan fingerprint density at radius 3 is 2.56 bits per heavy atom. The normalized spacial score (nSPS) is 13.8. The van der Waals surface area contributed by atoms with Crippen LogP contribution in [0.3, 0.4) is 0 Å². The third kappa shape index (κ3) is 3.59. The van der Waals surface area contributed by atoms with Gasteiger partial charge in [-0.05, 0) is 61.2 Å². The van der Waals surface area contributed by atoms with Crippen LogP contribution in [0.2, 0.25) is 10.0 Å². The van der Waals surface area contributed by atoms with Crippen molar-refractivity contribution >= 4 is 57.6 Å². The van der Waals surface area contributed by atoms with Crippen LogP contribution in [0.5, 0.6) is 0 Å². The molecule has 25 heavy (non-hydrogen) atoms. The van der Waals surface area contributed by atoms with E-state index in [4.69, 9.17) is 23.2 Å². The van der Waals surface area contributed by atoms with Gasteiger partial charge in [-0.15, -0.1) is 0 Å². The molecule has 0 unspecified atom stereocenters. The molecule has 128 valence electrons. The molecule has 3 aromatic rings. The standard InChI is InChI=1S/C18H15Cl2N3OS/c19-13-7-8-15(17-16(13)14(20)9-21-17)23-25-12-5-1-10(2-6-12)18(24)22-11-3-4-11/h1-2,5-9,11,21,23H,3-4H2,(H,22,24). The van der Waals surface area contributed by atoms with Gasteiger partial charge in [0.2, 0.25) is 0 Å². The fourth-order valence-corrected chi connectivity index (χ4v) is 3.77. The molecule has 7 heteroatoms. The number of hydrogen-bond donors (Lipinski definition) is 3. The smallest absolute Gasteiger partial charge is 0.251 e. The molecule has 3 N–H and O–H groups in total. The second-order valence-electron chi connectivity index (χ2n) is 5.96. The zero-order chi connectivity index (χ0) is 17.4. The third-order valence-electron chi connectivity index (χ3n) is 4.04. The summed E-state index contributed by atoms with van der Waals surface area (Å²) in [6.07, 6.45) is 3.89. The fourth-order valence-electron chi connectivity index (χ4n) is 2.54. The monoisotopic (exact) mass is 391 g/mol. The second-order valence-corrected chi connectivity index (χ2v) is 7.65. The average Bonchev–Trinajstić information content (AvgIpc) is 3.34. The van der Waals surface area contributed by atoms with Crippen LogP contribution in [0.4, 0.5) is 5.69 Å². The number of benzene rings is 2. The van der Waals surface area contributed by atoms with Crippen LogP contribution in [0.25, 0.3) is 10.9 Å². The van der Waals surface area contributed by atoms with E-state index in [1.807, 2.05) is 36.4 Å². The van der Waals surface area contributed by atoms with E-state index in [0.29, 0.717) is 21.7 Å². The van der Waals surface area contributed by atoms with Crippen LogP contribution < -0.4 is 10.0 Å². The summed E-state index contributed by atoms with van der Waals surface area (Å²) < 4.78 is 3.30. The molecule has 1 amide bonds. The molecule has 4 nitrogen and oxygen atoms in total. The van der Waals surface area contributed by atoms with Gasteiger partial charge in [0.05, 0.1) is 21.2 Å². The lowest BCUT2D eigenvalue weighted by atomic mass is 10.2. The van der Waals surface area contributed by atoms with Gasteiger partial charge in [0, 0.05) is 28.1 Å². The maximum Gasteiger partial charge on any atom is 0.251 e. The molecule has 0 bridgehead atoms. The Hall–Kier alpha value is -1.82. The molecule has 4 rings (SSSR count). The molecule has 1 heterocycles. The van der Waals surface area contributed by atoms with Crippen molar-refractivity contribution in [1.82, 2.24) is 10.3 Å². The number of hydrogen-bond acceptors (Lipinski definition) is 3. The fraction of sp³-hybridized carbons (Fsp3) is 0.167. The maximum absolute atomic E-state index is 12.0. The van der Waals surface area contributed by atoms with Crippen LogP contribution in [0, 0.1) is 0 Å². The number of anilines is 1. The first-order valence-corrected chi connectivity index (χ1v) is 9.48. The summed E-state index contributed by atoms with van der Waals surface area (Å²) >= 11 is 13.8. The summed E-state index contributed by atoms with van der Waals surface area (Å²) in [7, 11) is 0. The number of carbonyl (C=O) groups is 1. The number of carbonyl (C=O) groups excluding carboxylic acids is 1. The molecule has 1 fully saturated rings. The van der Waals surface area contributed by atoms with Crippen LogP contribution in [0.15, 0.2) is 47.5 Å². The van der Waals surface area contributed by atoms with Crippen molar-refractivity contribution in [3.05, 3.63) is 58.2 Å². The minimum absolute atomic E-state index is 0.00699. The highest BCUT2D eigenvalue weighted by molar-refractivity contribution is 8.00. The van der Waals surface area contributed by atoms with E-state index in [-0.39, 0.29) is 5.91 Å². The number of amides is 1. The van der Waals surface area contributed by atoms with Gasteiger partial charge in [-0.3, -0.25) is 4.79 Å². The summed E-state index contributed by atoms with van der Waals surface area (Å²) in [6.45, 7) is 0. The van der Waals surface area contributed by atoms with Crippen molar-refractivity contribution < 1.29 is 4.79 Å². The molecule has 0 saturated heterocycles. The lowest BCUT2D eigenvalue weighted by Gasteiger charge is -2.09. The van der Waals surface area contributed by atoms with E-state index in [9.17, 15) is 4.79 Å². The van der Waals surface area contributed by atoms with E-state index in [1.165, 1.54) is 11.9 Å². The van der Waals surface area contributed by atoms with E-state index in [1.54, 1.807) is 6.20 Å². The van der Waals surface area contributed by atoms with E-state index < -0.39 is 0 Å². The van der Waals surface area contributed by atoms with E-state index >= 15 is 0 Å². The Morgan fingerprint density at radius 2 is 1.84 bits per heavy atom. The van der Waals surface area contributed by atoms with Gasteiger partial charge in [-0.2, -0.15) is 0 Å². The molecule has 1 aromatic heterocycles. The van der Waals surface area contributed by atoms with Crippen molar-refractivity contribution in [2.24, 2.45) is 0 Å². The van der Waals surface area contributed by atoms with Crippen molar-refractivity contribution in [3.8, 4) is 0 Å². The minimum Gasteiger partial charge on any atom is -0.358 e. The Kier molecular flexibility index (Phi) is 4.54. The summed E-state index contributed by atoms with van der Waals surface area (Å²) in [5.41, 5.74) is 2.44. The van der Waals surface area contributed by atoms with Crippen LogP contribution in [0.1, 0.15) is 23.2 Å². The van der Waals surface area contributed by atoms with Crippen LogP contribution in [-0.4, -0.2) is 16.9 Å². The van der Waals surface area contributed by atoms with Crippen molar-refractivity contribution in [2.45, 2.75) is 23.8 Å². The zero-order valence-corrected chi connectivity index (χ0v) is 15.4. The number of aromatic nitrogens is 1. The number of H-pyrrole nitrogens is 1. The number of nitrogens with one attached hydrogen (secondary N) is 3. The Labute approximate surface area is 159 Å². The Bertz CT molecular complexity index is 935. The summed E-state index contributed by atoms with van der Waals surface area (Å²) in [5, 5.41) is 5.00. The maximum atomic E-state index is 12.0. The average molecular weight is 392 g/mol. The molecule has 2 aromatic carbocycles. The molecule has 0 aliphatic heterocycles. The first-order valence-electron chi connectivity index (χ1n) is 7.90.